The highest BCUT2D eigenvalue weighted by Crippen LogP contribution is 2.45. The van der Waals surface area contributed by atoms with E-state index in [-0.39, 0.29) is 43.2 Å². The molecule has 184 valence electrons. The molecule has 0 aliphatic carbocycles. The summed E-state index contributed by atoms with van der Waals surface area (Å²) in [6.45, 7) is -0.696. The van der Waals surface area contributed by atoms with Gasteiger partial charge < -0.3 is 4.74 Å². The van der Waals surface area contributed by atoms with Gasteiger partial charge in [0, 0.05) is 12.0 Å². The first-order valence-corrected chi connectivity index (χ1v) is 11.9. The van der Waals surface area contributed by atoms with Gasteiger partial charge in [-0.3, -0.25) is 19.3 Å². The van der Waals surface area contributed by atoms with Crippen molar-refractivity contribution >= 4 is 70.0 Å². The number of esters is 1. The van der Waals surface area contributed by atoms with Gasteiger partial charge in [-0.2, -0.15) is 0 Å². The maximum atomic E-state index is 13.3. The molecule has 3 aromatic carbocycles. The van der Waals surface area contributed by atoms with Gasteiger partial charge in [-0.1, -0.05) is 76.7 Å². The number of fused-ring (bicyclic) bond motifs is 1. The van der Waals surface area contributed by atoms with Crippen LogP contribution >= 0.6 is 46.4 Å². The maximum absolute atomic E-state index is 13.3. The van der Waals surface area contributed by atoms with Crippen LogP contribution in [0.15, 0.2) is 54.6 Å². The first-order chi connectivity index (χ1) is 17.1. The molecule has 1 heterocycles. The van der Waals surface area contributed by atoms with Crippen molar-refractivity contribution in [3.05, 3.63) is 103 Å². The Bertz CT molecular complexity index is 1350. The van der Waals surface area contributed by atoms with Gasteiger partial charge >= 0.3 is 5.97 Å². The van der Waals surface area contributed by atoms with E-state index in [1.54, 1.807) is 30.3 Å². The van der Waals surface area contributed by atoms with Gasteiger partial charge in [0.05, 0.1) is 31.2 Å². The molecule has 0 fully saturated rings. The van der Waals surface area contributed by atoms with Crippen LogP contribution in [0.1, 0.15) is 36.6 Å². The Hall–Kier alpha value is -2.97. The number of nitrogens with zero attached hydrogens (tertiary/aromatic N) is 1. The smallest absolute Gasteiger partial charge is 0.330 e. The van der Waals surface area contributed by atoms with E-state index < -0.39 is 42.0 Å². The molecule has 1 aliphatic rings. The zero-order valence-electron chi connectivity index (χ0n) is 18.1. The number of rotatable bonds is 7. The standard InChI is InChI=1S/C25H14Cl4FNO5/c26-19-17-18(20(27)22(29)21(19)28)24(34)31(23(17)33)15(10-12-4-2-1-3-5-12)25(35)36-11-16(32)13-6-8-14(30)9-7-13/h1-9,15H,10-11H2. The minimum absolute atomic E-state index is 0.118. The Morgan fingerprint density at radius 3 is 1.86 bits per heavy atom. The third-order valence-corrected chi connectivity index (χ3v) is 7.30. The highest BCUT2D eigenvalue weighted by molar-refractivity contribution is 6.55. The van der Waals surface area contributed by atoms with Crippen molar-refractivity contribution in [2.45, 2.75) is 12.5 Å². The Labute approximate surface area is 224 Å². The van der Waals surface area contributed by atoms with Crippen molar-refractivity contribution in [2.24, 2.45) is 0 Å². The van der Waals surface area contributed by atoms with E-state index in [1.807, 2.05) is 0 Å². The van der Waals surface area contributed by atoms with E-state index >= 15 is 0 Å². The van der Waals surface area contributed by atoms with Crippen LogP contribution in [0.3, 0.4) is 0 Å². The number of ether oxygens (including phenoxy) is 1. The number of imide groups is 1. The van der Waals surface area contributed by atoms with Crippen molar-refractivity contribution in [2.75, 3.05) is 6.61 Å². The minimum atomic E-state index is -1.47. The summed E-state index contributed by atoms with van der Waals surface area (Å²) in [6.07, 6.45) is -0.118. The van der Waals surface area contributed by atoms with Crippen molar-refractivity contribution in [1.82, 2.24) is 4.90 Å². The van der Waals surface area contributed by atoms with Crippen LogP contribution in [0.25, 0.3) is 0 Å². The lowest BCUT2D eigenvalue weighted by atomic mass is 10.0. The molecule has 1 unspecified atom stereocenters. The number of halogens is 5. The molecule has 1 aliphatic heterocycles. The number of ketones is 1. The van der Waals surface area contributed by atoms with Gasteiger partial charge in [-0.25, -0.2) is 9.18 Å². The average molecular weight is 569 g/mol. The Kier molecular flexibility index (Phi) is 7.66. The molecule has 2 amide bonds. The Morgan fingerprint density at radius 2 is 1.33 bits per heavy atom. The number of hydrogen-bond donors (Lipinski definition) is 0. The van der Waals surface area contributed by atoms with Crippen molar-refractivity contribution in [3.8, 4) is 0 Å². The molecule has 36 heavy (non-hydrogen) atoms. The lowest BCUT2D eigenvalue weighted by molar-refractivity contribution is -0.147. The molecular weight excluding hydrogens is 555 g/mol. The summed E-state index contributed by atoms with van der Waals surface area (Å²) in [4.78, 5) is 52.9. The lowest BCUT2D eigenvalue weighted by Crippen LogP contribution is -2.47. The highest BCUT2D eigenvalue weighted by Gasteiger charge is 2.47. The number of amides is 2. The number of carbonyl (C=O) groups excluding carboxylic acids is 4. The van der Waals surface area contributed by atoms with E-state index in [4.69, 9.17) is 51.1 Å². The molecule has 0 saturated carbocycles. The summed E-state index contributed by atoms with van der Waals surface area (Å²) in [6, 6.07) is 11.8. The number of carbonyl (C=O) groups is 4. The van der Waals surface area contributed by atoms with Gasteiger partial charge in [0.2, 0.25) is 0 Å². The van der Waals surface area contributed by atoms with Crippen LogP contribution < -0.4 is 0 Å². The van der Waals surface area contributed by atoms with Crippen LogP contribution in [0.5, 0.6) is 0 Å². The van der Waals surface area contributed by atoms with E-state index in [9.17, 15) is 23.6 Å². The summed E-state index contributed by atoms with van der Waals surface area (Å²) >= 11 is 24.5. The van der Waals surface area contributed by atoms with Crippen LogP contribution in [0, 0.1) is 5.82 Å². The molecule has 0 radical (unpaired) electrons. The number of hydrogen-bond acceptors (Lipinski definition) is 5. The fourth-order valence-corrected chi connectivity index (χ4v) is 4.73. The number of Topliss-reactive ketones (excluding diaryl/α,β-unsaturated/α-hetero) is 1. The molecule has 11 heteroatoms. The van der Waals surface area contributed by atoms with Gasteiger partial charge in [-0.05, 0) is 29.8 Å². The molecule has 1 atom stereocenters. The summed E-state index contributed by atoms with van der Waals surface area (Å²) in [5.41, 5.74) is 0.158. The fraction of sp³-hybridized carbons (Fsp3) is 0.120. The SMILES string of the molecule is O=C(COC(=O)C(Cc1ccccc1)N1C(=O)c2c(Cl)c(Cl)c(Cl)c(Cl)c2C1=O)c1ccc(F)cc1. The van der Waals surface area contributed by atoms with Crippen LogP contribution in [-0.2, 0) is 16.0 Å². The van der Waals surface area contributed by atoms with E-state index in [0.29, 0.717) is 10.5 Å². The van der Waals surface area contributed by atoms with E-state index in [0.717, 1.165) is 12.1 Å². The number of benzene rings is 3. The molecule has 6 nitrogen and oxygen atoms in total. The molecule has 0 spiro atoms. The monoisotopic (exact) mass is 567 g/mol. The predicted molar refractivity (Wildman–Crippen MR) is 133 cm³/mol. The topological polar surface area (TPSA) is 80.8 Å². The first kappa shape index (κ1) is 26.1. The normalized spacial score (nSPS) is 13.5. The molecule has 4 rings (SSSR count). The molecule has 0 aromatic heterocycles. The van der Waals surface area contributed by atoms with Crippen molar-refractivity contribution in [1.29, 1.82) is 0 Å². The molecular formula is C25H14Cl4FNO5. The fourth-order valence-electron chi connectivity index (χ4n) is 3.72. The van der Waals surface area contributed by atoms with Crippen LogP contribution in [0.2, 0.25) is 20.1 Å². The molecule has 0 N–H and O–H groups in total. The molecule has 3 aromatic rings. The van der Waals surface area contributed by atoms with Crippen LogP contribution in [-0.4, -0.2) is 41.1 Å². The maximum Gasteiger partial charge on any atom is 0.330 e. The first-order valence-electron chi connectivity index (χ1n) is 10.3. The Morgan fingerprint density at radius 1 is 0.806 bits per heavy atom. The Balaban J connectivity index is 1.66. The zero-order chi connectivity index (χ0) is 26.1. The van der Waals surface area contributed by atoms with E-state index in [1.165, 1.54) is 12.1 Å². The summed E-state index contributed by atoms with van der Waals surface area (Å²) in [5.74, 6) is -3.98. The second-order valence-electron chi connectivity index (χ2n) is 7.73. The minimum Gasteiger partial charge on any atom is -0.456 e. The van der Waals surface area contributed by atoms with Crippen LogP contribution in [0.4, 0.5) is 4.39 Å². The molecule has 0 bridgehead atoms. The van der Waals surface area contributed by atoms with Crippen molar-refractivity contribution < 1.29 is 28.3 Å². The van der Waals surface area contributed by atoms with Gasteiger partial charge in [0.15, 0.2) is 12.4 Å². The summed E-state index contributed by atoms with van der Waals surface area (Å²) < 4.78 is 18.3. The van der Waals surface area contributed by atoms with Gasteiger partial charge in [-0.15, -0.1) is 0 Å². The zero-order valence-corrected chi connectivity index (χ0v) is 21.1. The predicted octanol–water partition coefficient (Wildman–Crippen LogP) is 6.07. The third-order valence-electron chi connectivity index (χ3n) is 5.50. The summed E-state index contributed by atoms with van der Waals surface area (Å²) in [5, 5.41) is -0.977. The summed E-state index contributed by atoms with van der Waals surface area (Å²) in [7, 11) is 0. The van der Waals surface area contributed by atoms with Gasteiger partial charge in [0.1, 0.15) is 11.9 Å². The lowest BCUT2D eigenvalue weighted by Gasteiger charge is -2.24. The van der Waals surface area contributed by atoms with Crippen molar-refractivity contribution in [3.63, 3.8) is 0 Å². The highest BCUT2D eigenvalue weighted by atomic mass is 35.5. The quantitative estimate of drug-likeness (QED) is 0.114. The second-order valence-corrected chi connectivity index (χ2v) is 9.24. The molecule has 0 saturated heterocycles. The largest absolute Gasteiger partial charge is 0.456 e. The second kappa shape index (κ2) is 10.6. The van der Waals surface area contributed by atoms with Gasteiger partial charge in [0.25, 0.3) is 11.8 Å². The third kappa shape index (κ3) is 4.84. The van der Waals surface area contributed by atoms with E-state index in [2.05, 4.69) is 0 Å². The average Bonchev–Trinajstić information content (AvgIpc) is 3.13.